The van der Waals surface area contributed by atoms with Crippen LogP contribution in [0.25, 0.3) is 119 Å². The van der Waals surface area contributed by atoms with Crippen molar-refractivity contribution in [2.45, 2.75) is 5.41 Å². The summed E-state index contributed by atoms with van der Waals surface area (Å²) >= 11 is 1.85. The monoisotopic (exact) mass is 854 g/mol. The zero-order valence-electron chi connectivity index (χ0n) is 35.3. The lowest BCUT2D eigenvalue weighted by Gasteiger charge is -2.30. The van der Waals surface area contributed by atoms with Crippen LogP contribution in [0, 0.1) is 0 Å². The number of para-hydroxylation sites is 2. The molecule has 2 aliphatic rings. The molecule has 0 unspecified atom stereocenters. The number of fused-ring (bicyclic) bond motifs is 22. The molecule has 10 aromatic carbocycles. The molecule has 4 aromatic heterocycles. The fourth-order valence-electron chi connectivity index (χ4n) is 12.8. The second-order valence-corrected chi connectivity index (χ2v) is 19.3. The first-order chi connectivity index (χ1) is 32.7. The van der Waals surface area contributed by atoms with Gasteiger partial charge in [-0.2, -0.15) is 0 Å². The van der Waals surface area contributed by atoms with E-state index in [2.05, 4.69) is 193 Å². The Morgan fingerprint density at radius 1 is 0.379 bits per heavy atom. The second-order valence-electron chi connectivity index (χ2n) is 18.2. The van der Waals surface area contributed by atoms with Crippen LogP contribution in [0.3, 0.4) is 0 Å². The molecule has 0 fully saturated rings. The summed E-state index contributed by atoms with van der Waals surface area (Å²) in [5.41, 5.74) is 18.1. The largest absolute Gasteiger partial charge is 0.309 e. The minimum atomic E-state index is -0.404. The molecule has 0 saturated heterocycles. The third-order valence-electron chi connectivity index (χ3n) is 15.3. The summed E-state index contributed by atoms with van der Waals surface area (Å²) < 4.78 is 6.95. The lowest BCUT2D eigenvalue weighted by Crippen LogP contribution is -2.25. The molecule has 0 atom stereocenters. The highest BCUT2D eigenvalue weighted by molar-refractivity contribution is 7.26. The first-order valence-electron chi connectivity index (χ1n) is 22.7. The maximum Gasteiger partial charge on any atom is 0.263 e. The molecule has 0 radical (unpaired) electrons. The van der Waals surface area contributed by atoms with Gasteiger partial charge in [-0.25, -0.2) is 0 Å². The highest BCUT2D eigenvalue weighted by Crippen LogP contribution is 2.64. The van der Waals surface area contributed by atoms with Crippen molar-refractivity contribution in [2.24, 2.45) is 0 Å². The predicted molar refractivity (Wildman–Crippen MR) is 276 cm³/mol. The Morgan fingerprint density at radius 3 is 1.80 bits per heavy atom. The van der Waals surface area contributed by atoms with Crippen LogP contribution in [0.5, 0.6) is 0 Å². The molecule has 14 aromatic rings. The Kier molecular flexibility index (Phi) is 6.52. The van der Waals surface area contributed by atoms with Crippen LogP contribution >= 0.6 is 11.3 Å². The molecule has 3 nitrogen and oxygen atoms in total. The molecule has 0 bridgehead atoms. The van der Waals surface area contributed by atoms with E-state index in [0.29, 0.717) is 0 Å². The molecular weight excluding hydrogens is 821 g/mol. The third-order valence-corrected chi connectivity index (χ3v) is 16.4. The zero-order chi connectivity index (χ0) is 43.0. The average Bonchev–Trinajstić information content (AvgIpc) is 4.16. The minimum Gasteiger partial charge on any atom is -0.309 e. The molecule has 4 heteroatoms. The van der Waals surface area contributed by atoms with Crippen molar-refractivity contribution < 1.29 is 0 Å². The first kappa shape index (κ1) is 35.1. The second kappa shape index (κ2) is 12.3. The van der Waals surface area contributed by atoms with Crippen LogP contribution in [0.4, 0.5) is 0 Å². The van der Waals surface area contributed by atoms with Crippen LogP contribution in [0.2, 0.25) is 0 Å². The van der Waals surface area contributed by atoms with Gasteiger partial charge in [-0.05, 0) is 116 Å². The van der Waals surface area contributed by atoms with E-state index in [0.717, 1.165) is 49.2 Å². The number of rotatable bonds is 2. The van der Waals surface area contributed by atoms with Gasteiger partial charge in [-0.1, -0.05) is 152 Å². The van der Waals surface area contributed by atoms with E-state index in [1.54, 1.807) is 0 Å². The van der Waals surface area contributed by atoms with Gasteiger partial charge in [0, 0.05) is 58.2 Å². The van der Waals surface area contributed by atoms with Crippen molar-refractivity contribution in [3.05, 3.63) is 239 Å². The van der Waals surface area contributed by atoms with Crippen LogP contribution < -0.4 is 5.56 Å². The van der Waals surface area contributed by atoms with E-state index < -0.39 is 5.41 Å². The fraction of sp³-hybridized carbons (Fsp3) is 0.0161. The lowest BCUT2D eigenvalue weighted by molar-refractivity contribution is 0.794. The number of aromatic nitrogens is 2. The topological polar surface area (TPSA) is 26.4 Å². The van der Waals surface area contributed by atoms with Crippen molar-refractivity contribution in [1.29, 1.82) is 0 Å². The fourth-order valence-corrected chi connectivity index (χ4v) is 13.9. The average molecular weight is 855 g/mol. The molecule has 0 aliphatic heterocycles. The Morgan fingerprint density at radius 2 is 1.00 bits per heavy atom. The third kappa shape index (κ3) is 4.09. The molecule has 0 amide bonds. The standard InChI is InChI=1S/C62H34N2OS/c65-61-43-16-2-1-13-38(43)41-20-11-21-42-46-33-35(27-30-53(46)64(61)60(41)42)37-19-12-26-56-57(37)47-34-36(28-32-55(47)66-56)63-52-25-10-6-18-45(52)59-54(63)31-29-51-58(59)44-17-5-9-24-50(44)62(51)48-22-7-3-14-39(48)40-15-4-8-23-49(40)62/h1-34H. The van der Waals surface area contributed by atoms with Crippen molar-refractivity contribution in [3.8, 4) is 39.1 Å². The van der Waals surface area contributed by atoms with E-state index in [-0.39, 0.29) is 5.56 Å². The van der Waals surface area contributed by atoms with E-state index in [4.69, 9.17) is 0 Å². The van der Waals surface area contributed by atoms with Crippen LogP contribution in [-0.4, -0.2) is 8.97 Å². The van der Waals surface area contributed by atoms with Gasteiger partial charge in [0.2, 0.25) is 0 Å². The lowest BCUT2D eigenvalue weighted by atomic mass is 9.70. The van der Waals surface area contributed by atoms with Crippen LogP contribution in [0.15, 0.2) is 211 Å². The van der Waals surface area contributed by atoms with Crippen LogP contribution in [0.1, 0.15) is 22.3 Å². The predicted octanol–water partition coefficient (Wildman–Crippen LogP) is 15.7. The van der Waals surface area contributed by atoms with E-state index in [1.807, 2.05) is 33.9 Å². The number of hydrogen-bond donors (Lipinski definition) is 0. The smallest absolute Gasteiger partial charge is 0.263 e. The molecule has 66 heavy (non-hydrogen) atoms. The number of thiophene rings is 1. The molecule has 1 spiro atoms. The van der Waals surface area contributed by atoms with E-state index in [9.17, 15) is 4.79 Å². The maximum absolute atomic E-state index is 14.1. The number of pyridine rings is 1. The summed E-state index contributed by atoms with van der Waals surface area (Å²) in [6, 6.07) is 75.9. The Balaban J connectivity index is 0.937. The summed E-state index contributed by atoms with van der Waals surface area (Å²) in [5.74, 6) is 0. The van der Waals surface area contributed by atoms with Crippen molar-refractivity contribution in [2.75, 3.05) is 0 Å². The van der Waals surface area contributed by atoms with Gasteiger partial charge in [0.15, 0.2) is 0 Å². The SMILES string of the molecule is O=c1c2ccccc2c2cccc3c4cc(-c5cccc6sc7ccc(-n8c9ccccc9c9c%10c(ccc98)C8(c9ccccc9-c9ccccc98)c8ccccc8-%10)cc7c56)ccc4n1c23. The van der Waals surface area contributed by atoms with Gasteiger partial charge >= 0.3 is 0 Å². The summed E-state index contributed by atoms with van der Waals surface area (Å²) in [4.78, 5) is 14.1. The van der Waals surface area contributed by atoms with Crippen LogP contribution in [-0.2, 0) is 5.41 Å². The molecule has 0 saturated carbocycles. The molecular formula is C62H34N2OS. The number of nitrogens with zero attached hydrogens (tertiary/aromatic N) is 2. The molecule has 2 aliphatic carbocycles. The van der Waals surface area contributed by atoms with Crippen molar-refractivity contribution in [1.82, 2.24) is 8.97 Å². The normalized spacial score (nSPS) is 13.6. The molecule has 304 valence electrons. The van der Waals surface area contributed by atoms with Gasteiger partial charge in [-0.15, -0.1) is 11.3 Å². The molecule has 16 rings (SSSR count). The highest BCUT2D eigenvalue weighted by atomic mass is 32.1. The van der Waals surface area contributed by atoms with Gasteiger partial charge in [0.05, 0.1) is 27.5 Å². The van der Waals surface area contributed by atoms with E-state index >= 15 is 0 Å². The summed E-state index contributed by atoms with van der Waals surface area (Å²) in [6.45, 7) is 0. The minimum absolute atomic E-state index is 0.0310. The quantitative estimate of drug-likeness (QED) is 0.159. The van der Waals surface area contributed by atoms with E-state index in [1.165, 1.54) is 92.0 Å². The number of hydrogen-bond acceptors (Lipinski definition) is 2. The summed E-state index contributed by atoms with van der Waals surface area (Å²) in [5, 5.41) is 10.1. The Labute approximate surface area is 381 Å². The molecule has 4 heterocycles. The summed E-state index contributed by atoms with van der Waals surface area (Å²) in [6.07, 6.45) is 0. The Hall–Kier alpha value is -8.31. The summed E-state index contributed by atoms with van der Waals surface area (Å²) in [7, 11) is 0. The molecule has 0 N–H and O–H groups in total. The first-order valence-corrected chi connectivity index (χ1v) is 23.5. The van der Waals surface area contributed by atoms with Crippen molar-refractivity contribution >= 4 is 91.3 Å². The zero-order valence-corrected chi connectivity index (χ0v) is 36.2. The van der Waals surface area contributed by atoms with Gasteiger partial charge < -0.3 is 4.57 Å². The van der Waals surface area contributed by atoms with Gasteiger partial charge in [0.25, 0.3) is 5.56 Å². The number of benzene rings is 10. The highest BCUT2D eigenvalue weighted by Gasteiger charge is 2.52. The van der Waals surface area contributed by atoms with Crippen molar-refractivity contribution in [3.63, 3.8) is 0 Å². The maximum atomic E-state index is 14.1. The van der Waals surface area contributed by atoms with Gasteiger partial charge in [-0.3, -0.25) is 9.20 Å². The Bertz CT molecular complexity index is 4520. The van der Waals surface area contributed by atoms with Gasteiger partial charge in [0.1, 0.15) is 0 Å².